The van der Waals surface area contributed by atoms with Crippen LogP contribution in [0.3, 0.4) is 0 Å². The summed E-state index contributed by atoms with van der Waals surface area (Å²) in [6, 6.07) is 7.93. The zero-order valence-electron chi connectivity index (χ0n) is 9.03. The first-order chi connectivity index (χ1) is 7.65. The third-order valence-electron chi connectivity index (χ3n) is 2.47. The van der Waals surface area contributed by atoms with Crippen LogP contribution in [-0.4, -0.2) is 4.98 Å². The molecule has 0 amide bonds. The van der Waals surface area contributed by atoms with Crippen LogP contribution in [0.2, 0.25) is 5.02 Å². The van der Waals surface area contributed by atoms with Crippen molar-refractivity contribution in [1.29, 1.82) is 0 Å². The zero-order valence-corrected chi connectivity index (χ0v) is 10.6. The molecule has 2 N–H and O–H groups in total. The average molecular weight is 253 g/mol. The first kappa shape index (κ1) is 11.4. The molecule has 0 aliphatic rings. The van der Waals surface area contributed by atoms with Crippen molar-refractivity contribution in [3.05, 3.63) is 45.4 Å². The number of nitrogens with two attached hydrogens (primary N) is 1. The lowest BCUT2D eigenvalue weighted by Crippen LogP contribution is -1.94. The molecule has 2 rings (SSSR count). The van der Waals surface area contributed by atoms with Gasteiger partial charge in [-0.1, -0.05) is 23.7 Å². The number of thiazole rings is 1. The molecule has 0 fully saturated rings. The number of benzene rings is 1. The number of hydrogen-bond acceptors (Lipinski definition) is 3. The van der Waals surface area contributed by atoms with Crippen molar-refractivity contribution in [2.24, 2.45) is 0 Å². The van der Waals surface area contributed by atoms with Gasteiger partial charge in [0.1, 0.15) is 0 Å². The molecule has 0 unspecified atom stereocenters. The van der Waals surface area contributed by atoms with Crippen molar-refractivity contribution in [3.8, 4) is 0 Å². The second kappa shape index (κ2) is 4.85. The van der Waals surface area contributed by atoms with E-state index in [4.69, 9.17) is 17.3 Å². The number of aryl methyl sites for hydroxylation is 3. The van der Waals surface area contributed by atoms with Crippen LogP contribution < -0.4 is 5.73 Å². The Morgan fingerprint density at radius 2 is 1.94 bits per heavy atom. The predicted molar refractivity (Wildman–Crippen MR) is 70.1 cm³/mol. The Morgan fingerprint density at radius 1 is 1.25 bits per heavy atom. The summed E-state index contributed by atoms with van der Waals surface area (Å²) in [5, 5.41) is 1.43. The van der Waals surface area contributed by atoms with Crippen LogP contribution in [0.15, 0.2) is 24.3 Å². The van der Waals surface area contributed by atoms with Crippen molar-refractivity contribution in [2.45, 2.75) is 19.8 Å². The van der Waals surface area contributed by atoms with E-state index < -0.39 is 0 Å². The summed E-state index contributed by atoms with van der Waals surface area (Å²) < 4.78 is 0. The molecule has 0 spiro atoms. The van der Waals surface area contributed by atoms with Gasteiger partial charge in [-0.05, 0) is 37.5 Å². The van der Waals surface area contributed by atoms with E-state index in [9.17, 15) is 0 Å². The summed E-state index contributed by atoms with van der Waals surface area (Å²) in [5.41, 5.74) is 8.04. The van der Waals surface area contributed by atoms with Gasteiger partial charge in [0, 0.05) is 9.90 Å². The van der Waals surface area contributed by atoms with Crippen LogP contribution in [0.25, 0.3) is 0 Å². The van der Waals surface area contributed by atoms with Crippen LogP contribution in [0.5, 0.6) is 0 Å². The first-order valence-electron chi connectivity index (χ1n) is 5.11. The molecule has 84 valence electrons. The van der Waals surface area contributed by atoms with E-state index >= 15 is 0 Å². The van der Waals surface area contributed by atoms with E-state index in [-0.39, 0.29) is 0 Å². The van der Waals surface area contributed by atoms with Gasteiger partial charge < -0.3 is 5.73 Å². The topological polar surface area (TPSA) is 38.9 Å². The molecule has 1 aromatic carbocycles. The van der Waals surface area contributed by atoms with Crippen molar-refractivity contribution in [2.75, 3.05) is 5.73 Å². The van der Waals surface area contributed by atoms with Crippen LogP contribution >= 0.6 is 22.9 Å². The maximum absolute atomic E-state index is 5.83. The molecule has 0 bridgehead atoms. The third-order valence-corrected chi connectivity index (χ3v) is 3.57. The summed E-state index contributed by atoms with van der Waals surface area (Å²) >= 11 is 7.38. The van der Waals surface area contributed by atoms with Gasteiger partial charge in [0.05, 0.1) is 5.69 Å². The smallest absolute Gasteiger partial charge is 0.180 e. The second-order valence-corrected chi connectivity index (χ2v) is 5.35. The van der Waals surface area contributed by atoms with Crippen molar-refractivity contribution < 1.29 is 0 Å². The van der Waals surface area contributed by atoms with Gasteiger partial charge in [0.2, 0.25) is 0 Å². The van der Waals surface area contributed by atoms with Crippen LogP contribution in [0.1, 0.15) is 16.1 Å². The van der Waals surface area contributed by atoms with Gasteiger partial charge in [-0.15, -0.1) is 11.3 Å². The number of anilines is 1. The fraction of sp³-hybridized carbons (Fsp3) is 0.250. The van der Waals surface area contributed by atoms with E-state index in [2.05, 4.69) is 11.9 Å². The normalized spacial score (nSPS) is 10.6. The molecule has 0 aliphatic heterocycles. The standard InChI is InChI=1S/C12H13ClN2S/c1-8-11(15-12(14)16-8)7-4-9-2-5-10(13)6-3-9/h2-3,5-6H,4,7H2,1H3,(H2,14,15). The SMILES string of the molecule is Cc1sc(N)nc1CCc1ccc(Cl)cc1. The summed E-state index contributed by atoms with van der Waals surface area (Å²) in [4.78, 5) is 5.53. The lowest BCUT2D eigenvalue weighted by molar-refractivity contribution is 0.918. The van der Waals surface area contributed by atoms with Crippen LogP contribution in [-0.2, 0) is 12.8 Å². The fourth-order valence-corrected chi connectivity index (χ4v) is 2.46. The Bertz CT molecular complexity index is 476. The minimum Gasteiger partial charge on any atom is -0.375 e. The third kappa shape index (κ3) is 2.74. The predicted octanol–water partition coefficient (Wildman–Crippen LogP) is 3.47. The minimum atomic E-state index is 0.656. The van der Waals surface area contributed by atoms with Crippen molar-refractivity contribution in [3.63, 3.8) is 0 Å². The zero-order chi connectivity index (χ0) is 11.5. The average Bonchev–Trinajstić information content (AvgIpc) is 2.57. The highest BCUT2D eigenvalue weighted by molar-refractivity contribution is 7.15. The Kier molecular flexibility index (Phi) is 3.46. The minimum absolute atomic E-state index is 0.656. The van der Waals surface area contributed by atoms with Crippen molar-refractivity contribution in [1.82, 2.24) is 4.98 Å². The molecule has 2 nitrogen and oxygen atoms in total. The molecule has 0 radical (unpaired) electrons. The van der Waals surface area contributed by atoms with E-state index in [1.165, 1.54) is 10.4 Å². The Morgan fingerprint density at radius 3 is 2.50 bits per heavy atom. The molecule has 0 saturated heterocycles. The monoisotopic (exact) mass is 252 g/mol. The molecule has 4 heteroatoms. The van der Waals surface area contributed by atoms with E-state index in [1.54, 1.807) is 11.3 Å². The second-order valence-electron chi connectivity index (χ2n) is 3.68. The molecule has 0 aliphatic carbocycles. The summed E-state index contributed by atoms with van der Waals surface area (Å²) in [6.07, 6.45) is 1.91. The van der Waals surface area contributed by atoms with Gasteiger partial charge in [0.25, 0.3) is 0 Å². The molecular weight excluding hydrogens is 240 g/mol. The highest BCUT2D eigenvalue weighted by Gasteiger charge is 2.05. The number of halogens is 1. The van der Waals surface area contributed by atoms with Gasteiger partial charge >= 0.3 is 0 Å². The Balaban J connectivity index is 2.02. The number of nitrogen functional groups attached to an aromatic ring is 1. The van der Waals surface area contributed by atoms with Gasteiger partial charge in [0.15, 0.2) is 5.13 Å². The van der Waals surface area contributed by atoms with Crippen molar-refractivity contribution >= 4 is 28.1 Å². The molecule has 0 atom stereocenters. The largest absolute Gasteiger partial charge is 0.375 e. The number of nitrogens with zero attached hydrogens (tertiary/aromatic N) is 1. The molecule has 1 aromatic heterocycles. The van der Waals surface area contributed by atoms with E-state index in [0.717, 1.165) is 23.6 Å². The fourth-order valence-electron chi connectivity index (χ4n) is 1.60. The highest BCUT2D eigenvalue weighted by atomic mass is 35.5. The molecule has 16 heavy (non-hydrogen) atoms. The maximum atomic E-state index is 5.83. The first-order valence-corrected chi connectivity index (χ1v) is 6.31. The summed E-state index contributed by atoms with van der Waals surface area (Å²) in [7, 11) is 0. The van der Waals surface area contributed by atoms with Crippen LogP contribution in [0.4, 0.5) is 5.13 Å². The van der Waals surface area contributed by atoms with E-state index in [0.29, 0.717) is 5.13 Å². The van der Waals surface area contributed by atoms with Gasteiger partial charge in [-0.3, -0.25) is 0 Å². The Hall–Kier alpha value is -1.06. The Labute approximate surface area is 104 Å². The molecular formula is C12H13ClN2S. The molecule has 2 aromatic rings. The van der Waals surface area contributed by atoms with Gasteiger partial charge in [-0.2, -0.15) is 0 Å². The lowest BCUT2D eigenvalue weighted by atomic mass is 10.1. The molecule has 1 heterocycles. The maximum Gasteiger partial charge on any atom is 0.180 e. The summed E-state index contributed by atoms with van der Waals surface area (Å²) in [5.74, 6) is 0. The quantitative estimate of drug-likeness (QED) is 0.909. The summed E-state index contributed by atoms with van der Waals surface area (Å²) in [6.45, 7) is 2.06. The van der Waals surface area contributed by atoms with Crippen LogP contribution in [0, 0.1) is 6.92 Å². The highest BCUT2D eigenvalue weighted by Crippen LogP contribution is 2.20. The number of hydrogen-bond donors (Lipinski definition) is 1. The lowest BCUT2D eigenvalue weighted by Gasteiger charge is -2.00. The van der Waals surface area contributed by atoms with E-state index in [1.807, 2.05) is 24.3 Å². The number of rotatable bonds is 3. The van der Waals surface area contributed by atoms with Gasteiger partial charge in [-0.25, -0.2) is 4.98 Å². The molecule has 0 saturated carbocycles. The number of aromatic nitrogens is 1.